The Hall–Kier alpha value is -4.29. The van der Waals surface area contributed by atoms with Gasteiger partial charge in [0.2, 0.25) is 10.0 Å². The van der Waals surface area contributed by atoms with E-state index in [2.05, 4.69) is 10.3 Å². The lowest BCUT2D eigenvalue weighted by Crippen LogP contribution is -2.34. The highest BCUT2D eigenvalue weighted by atomic mass is 35.5. The molecule has 1 aliphatic rings. The third-order valence-electron chi connectivity index (χ3n) is 7.21. The van der Waals surface area contributed by atoms with Gasteiger partial charge in [0, 0.05) is 37.3 Å². The molecule has 0 unspecified atom stereocenters. The number of carbonyl (C=O) groups excluding carboxylic acids is 2. The van der Waals surface area contributed by atoms with Gasteiger partial charge in [-0.2, -0.15) is 0 Å². The third-order valence-corrected chi connectivity index (χ3v) is 7.98. The van der Waals surface area contributed by atoms with Gasteiger partial charge in [0.25, 0.3) is 17.4 Å². The van der Waals surface area contributed by atoms with Crippen LogP contribution in [0.1, 0.15) is 50.5 Å². The Bertz CT molecular complexity index is 1960. The number of benzene rings is 2. The first-order valence-corrected chi connectivity index (χ1v) is 15.4. The Morgan fingerprint density at radius 3 is 2.52 bits per heavy atom. The lowest BCUT2D eigenvalue weighted by molar-refractivity contribution is 0.0780. The summed E-state index contributed by atoms with van der Waals surface area (Å²) < 4.78 is 26.8. The fourth-order valence-corrected chi connectivity index (χ4v) is 5.70. The molecule has 2 aromatic heterocycles. The molecule has 3 heterocycles. The van der Waals surface area contributed by atoms with Gasteiger partial charge in [-0.3, -0.25) is 19.0 Å². The van der Waals surface area contributed by atoms with Crippen LogP contribution in [0, 0.1) is 6.92 Å². The molecule has 0 fully saturated rings. The Labute approximate surface area is 247 Å². The van der Waals surface area contributed by atoms with E-state index in [1.54, 1.807) is 31.1 Å². The van der Waals surface area contributed by atoms with Crippen LogP contribution in [0.25, 0.3) is 22.3 Å². The van der Waals surface area contributed by atoms with Crippen molar-refractivity contribution in [1.29, 1.82) is 0 Å². The van der Waals surface area contributed by atoms with Gasteiger partial charge >= 0.3 is 0 Å². The number of hydrogen-bond donors (Lipinski definition) is 2. The number of likely N-dealkylation sites (N-methyl/N-ethyl adjacent to an activating group) is 1. The first-order chi connectivity index (χ1) is 19.7. The number of aryl methyl sites for hydroxylation is 1. The van der Waals surface area contributed by atoms with Crippen molar-refractivity contribution in [2.24, 2.45) is 7.05 Å². The second-order valence-corrected chi connectivity index (χ2v) is 12.6. The lowest BCUT2D eigenvalue weighted by atomic mass is 9.96. The molecule has 4 aromatic rings. The Balaban J connectivity index is 1.62. The van der Waals surface area contributed by atoms with Crippen molar-refractivity contribution >= 4 is 50.0 Å². The number of nitrogens with zero attached hydrogens (tertiary/aromatic N) is 4. The van der Waals surface area contributed by atoms with Crippen LogP contribution in [0.3, 0.4) is 0 Å². The highest BCUT2D eigenvalue weighted by molar-refractivity contribution is 7.89. The minimum atomic E-state index is -3.85. The van der Waals surface area contributed by atoms with Gasteiger partial charge in [-0.25, -0.2) is 23.1 Å². The second kappa shape index (κ2) is 10.8. The number of carbonyl (C=O) groups is 2. The van der Waals surface area contributed by atoms with Crippen LogP contribution in [-0.2, 0) is 23.5 Å². The van der Waals surface area contributed by atoms with Crippen molar-refractivity contribution < 1.29 is 18.0 Å². The summed E-state index contributed by atoms with van der Waals surface area (Å²) in [7, 11) is -0.442. The molecule has 218 valence electrons. The molecule has 0 aliphatic carbocycles. The highest BCUT2D eigenvalue weighted by Crippen LogP contribution is 2.30. The zero-order chi connectivity index (χ0) is 30.5. The number of hydrogen-bond acceptors (Lipinski definition) is 8. The van der Waals surface area contributed by atoms with E-state index >= 15 is 0 Å². The molecule has 0 saturated carbocycles. The van der Waals surface area contributed by atoms with Crippen LogP contribution < -0.4 is 15.6 Å². The summed E-state index contributed by atoms with van der Waals surface area (Å²) in [4.78, 5) is 49.8. The molecule has 2 amide bonds. The van der Waals surface area contributed by atoms with E-state index in [0.717, 1.165) is 23.8 Å². The minimum Gasteiger partial charge on any atom is -0.377 e. The Morgan fingerprint density at radius 2 is 1.81 bits per heavy atom. The number of amides is 2. The summed E-state index contributed by atoms with van der Waals surface area (Å²) in [6.45, 7) is 4.34. The molecule has 13 heteroatoms. The fourth-order valence-electron chi connectivity index (χ4n) is 5.12. The molecule has 0 bridgehead atoms. The van der Waals surface area contributed by atoms with E-state index in [1.165, 1.54) is 16.7 Å². The van der Waals surface area contributed by atoms with Crippen molar-refractivity contribution in [3.05, 3.63) is 85.9 Å². The molecule has 0 saturated heterocycles. The predicted molar refractivity (Wildman–Crippen MR) is 161 cm³/mol. The number of fused-ring (bicyclic) bond motifs is 2. The minimum absolute atomic E-state index is 0.0115. The topological polar surface area (TPSA) is 143 Å². The normalized spacial score (nSPS) is 14.0. The van der Waals surface area contributed by atoms with Crippen LogP contribution >= 0.6 is 11.6 Å². The van der Waals surface area contributed by atoms with Gasteiger partial charge in [0.1, 0.15) is 11.0 Å². The van der Waals surface area contributed by atoms with E-state index in [4.69, 9.17) is 16.6 Å². The predicted octanol–water partition coefficient (Wildman–Crippen LogP) is 3.45. The van der Waals surface area contributed by atoms with Gasteiger partial charge in [-0.05, 0) is 55.7 Å². The van der Waals surface area contributed by atoms with Crippen molar-refractivity contribution in [2.75, 3.05) is 25.2 Å². The molecule has 11 nitrogen and oxygen atoms in total. The summed E-state index contributed by atoms with van der Waals surface area (Å²) in [6.07, 6.45) is 1.61. The van der Waals surface area contributed by atoms with Crippen molar-refractivity contribution in [2.45, 2.75) is 26.3 Å². The maximum atomic E-state index is 13.6. The zero-order valence-corrected chi connectivity index (χ0v) is 25.2. The molecule has 2 aromatic carbocycles. The molecular formula is C29H29ClN6O5S. The maximum absolute atomic E-state index is 13.6. The molecule has 1 atom stereocenters. The number of sulfonamides is 1. The van der Waals surface area contributed by atoms with Crippen LogP contribution in [0.5, 0.6) is 0 Å². The van der Waals surface area contributed by atoms with E-state index in [0.29, 0.717) is 40.0 Å². The Morgan fingerprint density at radius 1 is 1.07 bits per heavy atom. The molecule has 2 N–H and O–H groups in total. The van der Waals surface area contributed by atoms with Crippen LogP contribution in [0.15, 0.2) is 47.3 Å². The number of nitrogens with one attached hydrogen (secondary N) is 2. The number of pyridine rings is 1. The second-order valence-electron chi connectivity index (χ2n) is 10.5. The van der Waals surface area contributed by atoms with Gasteiger partial charge in [0.05, 0.1) is 28.9 Å². The summed E-state index contributed by atoms with van der Waals surface area (Å²) in [6, 6.07) is 11.7. The fraction of sp³-hybridized carbons (Fsp3) is 0.276. The van der Waals surface area contributed by atoms with Crippen LogP contribution in [0.2, 0.25) is 5.15 Å². The first kappa shape index (κ1) is 29.2. The molecule has 42 heavy (non-hydrogen) atoms. The van der Waals surface area contributed by atoms with Crippen LogP contribution in [0.4, 0.5) is 5.69 Å². The SMILES string of the molecule is Cc1cc([C@@H](C)Nc2ccc(Cl)nc2C(=O)NS(C)(=O)=O)c2nc(-c3ccc4c(c3)C(=O)N(C)CC4)n(C)c(=O)c2c1. The summed E-state index contributed by atoms with van der Waals surface area (Å²) >= 11 is 6.01. The molecule has 5 rings (SSSR count). The van der Waals surface area contributed by atoms with Crippen molar-refractivity contribution in [3.8, 4) is 11.4 Å². The standard InChI is InChI=1S/C29H29ClN6O5S/c1-15-12-19(16(2)31-22-8-9-23(30)32-25(22)27(37)34-42(5,40)41)24-21(13-15)29(39)36(4)26(33-24)18-7-6-17-10-11-35(3)28(38)20(17)14-18/h6-9,12-14,16,31H,10-11H2,1-5H3,(H,34,37)/t16-/m1/s1. The van der Waals surface area contributed by atoms with Gasteiger partial charge in [-0.15, -0.1) is 0 Å². The van der Waals surface area contributed by atoms with Crippen molar-refractivity contribution in [3.63, 3.8) is 0 Å². The molecule has 0 radical (unpaired) electrons. The smallest absolute Gasteiger partial charge is 0.285 e. The maximum Gasteiger partial charge on any atom is 0.285 e. The number of halogens is 1. The quantitative estimate of drug-likeness (QED) is 0.317. The highest BCUT2D eigenvalue weighted by Gasteiger charge is 2.24. The lowest BCUT2D eigenvalue weighted by Gasteiger charge is -2.25. The van der Waals surface area contributed by atoms with Crippen molar-refractivity contribution in [1.82, 2.24) is 24.2 Å². The van der Waals surface area contributed by atoms with Gasteiger partial charge < -0.3 is 10.2 Å². The van der Waals surface area contributed by atoms with Gasteiger partial charge in [0.15, 0.2) is 5.69 Å². The number of anilines is 1. The monoisotopic (exact) mass is 608 g/mol. The molecule has 1 aliphatic heterocycles. The zero-order valence-electron chi connectivity index (χ0n) is 23.6. The number of rotatable bonds is 6. The van der Waals surface area contributed by atoms with E-state index in [-0.39, 0.29) is 28.0 Å². The number of aromatic nitrogens is 3. The van der Waals surface area contributed by atoms with E-state index in [1.807, 2.05) is 36.8 Å². The molecular weight excluding hydrogens is 580 g/mol. The summed E-state index contributed by atoms with van der Waals surface area (Å²) in [5.41, 5.74) is 3.89. The van der Waals surface area contributed by atoms with E-state index < -0.39 is 22.0 Å². The van der Waals surface area contributed by atoms with Crippen LogP contribution in [-0.4, -0.2) is 59.5 Å². The summed E-state index contributed by atoms with van der Waals surface area (Å²) in [5.74, 6) is -0.619. The average Bonchev–Trinajstić information content (AvgIpc) is 2.92. The molecule has 0 spiro atoms. The average molecular weight is 609 g/mol. The largest absolute Gasteiger partial charge is 0.377 e. The van der Waals surface area contributed by atoms with Gasteiger partial charge in [-0.1, -0.05) is 29.8 Å². The third kappa shape index (κ3) is 5.59. The summed E-state index contributed by atoms with van der Waals surface area (Å²) in [5, 5.41) is 3.63. The van der Waals surface area contributed by atoms with E-state index in [9.17, 15) is 22.8 Å². The first-order valence-electron chi connectivity index (χ1n) is 13.1. The Kier molecular flexibility index (Phi) is 7.54.